The molecule has 2 saturated heterocycles. The van der Waals surface area contributed by atoms with Gasteiger partial charge in [0.2, 0.25) is 0 Å². The van der Waals surface area contributed by atoms with Crippen molar-refractivity contribution in [2.75, 3.05) is 27.2 Å². The Balaban J connectivity index is 2.09. The molecular formula is C21H40N2O3. The molecule has 4 atom stereocenters. The van der Waals surface area contributed by atoms with Crippen molar-refractivity contribution in [3.63, 3.8) is 0 Å². The van der Waals surface area contributed by atoms with E-state index in [4.69, 9.17) is 9.47 Å². The zero-order chi connectivity index (χ0) is 19.7. The second kappa shape index (κ2) is 8.05. The fraction of sp³-hybridized carbons (Fsp3) is 0.952. The Morgan fingerprint density at radius 2 is 1.15 bits per heavy atom. The van der Waals surface area contributed by atoms with Crippen LogP contribution in [0.2, 0.25) is 0 Å². The predicted molar refractivity (Wildman–Crippen MR) is 105 cm³/mol. The molecule has 0 amide bonds. The van der Waals surface area contributed by atoms with Crippen molar-refractivity contribution in [1.29, 1.82) is 0 Å². The smallest absolute Gasteiger partial charge is 0.429 e. The summed E-state index contributed by atoms with van der Waals surface area (Å²) in [4.78, 5) is 17.4. The van der Waals surface area contributed by atoms with Crippen molar-refractivity contribution in [1.82, 2.24) is 9.80 Å². The van der Waals surface area contributed by atoms with Crippen LogP contribution >= 0.6 is 0 Å². The van der Waals surface area contributed by atoms with Crippen LogP contribution in [0.5, 0.6) is 0 Å². The van der Waals surface area contributed by atoms with Gasteiger partial charge in [0.15, 0.2) is 0 Å². The van der Waals surface area contributed by atoms with Crippen LogP contribution in [0.15, 0.2) is 0 Å². The molecule has 2 aliphatic heterocycles. The molecule has 0 aromatic rings. The average Bonchev–Trinajstić information content (AvgIpc) is 3.08. The van der Waals surface area contributed by atoms with Crippen molar-refractivity contribution >= 4 is 6.16 Å². The Morgan fingerprint density at radius 3 is 1.38 bits per heavy atom. The molecule has 2 aliphatic rings. The van der Waals surface area contributed by atoms with E-state index in [1.54, 1.807) is 0 Å². The first-order chi connectivity index (χ1) is 11.9. The highest BCUT2D eigenvalue weighted by atomic mass is 16.7. The summed E-state index contributed by atoms with van der Waals surface area (Å²) in [6, 6.07) is 0.537. The predicted octanol–water partition coefficient (Wildman–Crippen LogP) is 4.16. The lowest BCUT2D eigenvalue weighted by molar-refractivity contribution is -0.0884. The molecule has 0 radical (unpaired) electrons. The van der Waals surface area contributed by atoms with Crippen molar-refractivity contribution in [2.45, 2.75) is 91.5 Å². The van der Waals surface area contributed by atoms with Crippen LogP contribution in [0.25, 0.3) is 0 Å². The number of rotatable bonds is 4. The number of nitrogens with zero attached hydrogens (tertiary/aromatic N) is 2. The second-order valence-corrected chi connectivity index (χ2v) is 10.4. The van der Waals surface area contributed by atoms with E-state index in [1.807, 2.05) is 0 Å². The average molecular weight is 369 g/mol. The molecule has 0 spiro atoms. The highest BCUT2D eigenvalue weighted by Crippen LogP contribution is 2.35. The summed E-state index contributed by atoms with van der Waals surface area (Å²) in [6.45, 7) is 15.0. The SMILES string of the molecule is CN1CCCC1C(OC(=O)OC(C1CCCN1C)C(C)(C)C)C(C)(C)C. The first kappa shape index (κ1) is 21.5. The minimum Gasteiger partial charge on any atom is -0.429 e. The van der Waals surface area contributed by atoms with Gasteiger partial charge in [-0.25, -0.2) is 4.79 Å². The van der Waals surface area contributed by atoms with Gasteiger partial charge in [-0.1, -0.05) is 41.5 Å². The maximum atomic E-state index is 12.8. The van der Waals surface area contributed by atoms with Crippen LogP contribution in [0.4, 0.5) is 4.79 Å². The minimum atomic E-state index is -0.509. The van der Waals surface area contributed by atoms with E-state index in [2.05, 4.69) is 65.4 Å². The topological polar surface area (TPSA) is 42.0 Å². The lowest BCUT2D eigenvalue weighted by atomic mass is 9.83. The summed E-state index contributed by atoms with van der Waals surface area (Å²) in [7, 11) is 4.24. The molecule has 0 aliphatic carbocycles. The number of carbonyl (C=O) groups excluding carboxylic acids is 1. The minimum absolute atomic E-state index is 0.121. The standard InChI is InChI=1S/C21H40N2O3/c1-20(2,3)17(15-11-9-13-22(15)7)25-19(24)26-18(21(4,5)6)16-12-10-14-23(16)8/h15-18H,9-14H2,1-8H3. The van der Waals surface area contributed by atoms with E-state index in [0.717, 1.165) is 38.8 Å². The summed E-state index contributed by atoms with van der Waals surface area (Å²) < 4.78 is 11.9. The quantitative estimate of drug-likeness (QED) is 0.697. The Kier molecular flexibility index (Phi) is 6.66. The third-order valence-electron chi connectivity index (χ3n) is 6.01. The molecule has 0 bridgehead atoms. The van der Waals surface area contributed by atoms with Gasteiger partial charge in [0.1, 0.15) is 12.2 Å². The molecule has 4 unspecified atom stereocenters. The normalized spacial score (nSPS) is 28.2. The largest absolute Gasteiger partial charge is 0.508 e. The van der Waals surface area contributed by atoms with Crippen LogP contribution in [-0.2, 0) is 9.47 Å². The van der Waals surface area contributed by atoms with Gasteiger partial charge in [0.25, 0.3) is 0 Å². The summed E-state index contributed by atoms with van der Waals surface area (Å²) in [5.41, 5.74) is -0.243. The van der Waals surface area contributed by atoms with Gasteiger partial charge < -0.3 is 9.47 Å². The molecule has 26 heavy (non-hydrogen) atoms. The fourth-order valence-electron chi connectivity index (χ4n) is 4.54. The van der Waals surface area contributed by atoms with E-state index < -0.39 is 6.16 Å². The molecule has 0 aromatic carbocycles. The van der Waals surface area contributed by atoms with Gasteiger partial charge in [-0.3, -0.25) is 9.80 Å². The van der Waals surface area contributed by atoms with E-state index in [9.17, 15) is 4.79 Å². The van der Waals surface area contributed by atoms with Crippen molar-refractivity contribution in [3.05, 3.63) is 0 Å². The molecule has 0 N–H and O–H groups in total. The van der Waals surface area contributed by atoms with Gasteiger partial charge in [0, 0.05) is 22.9 Å². The molecule has 5 nitrogen and oxygen atoms in total. The molecule has 2 rings (SSSR count). The Hall–Kier alpha value is -0.810. The Morgan fingerprint density at radius 1 is 0.808 bits per heavy atom. The summed E-state index contributed by atoms with van der Waals surface area (Å²) in [6.07, 6.45) is 3.62. The molecule has 2 heterocycles. The van der Waals surface area contributed by atoms with Gasteiger partial charge >= 0.3 is 6.16 Å². The third-order valence-corrected chi connectivity index (χ3v) is 6.01. The van der Waals surface area contributed by atoms with Crippen LogP contribution in [-0.4, -0.2) is 67.4 Å². The lowest BCUT2D eigenvalue weighted by Crippen LogP contribution is -2.50. The van der Waals surface area contributed by atoms with Crippen LogP contribution < -0.4 is 0 Å². The van der Waals surface area contributed by atoms with Crippen LogP contribution in [0.3, 0.4) is 0 Å². The third kappa shape index (κ3) is 5.13. The summed E-state index contributed by atoms with van der Waals surface area (Å²) in [5, 5.41) is 0. The molecule has 0 aromatic heterocycles. The maximum absolute atomic E-state index is 12.8. The van der Waals surface area contributed by atoms with Crippen molar-refractivity contribution in [2.24, 2.45) is 10.8 Å². The molecule has 0 saturated carbocycles. The van der Waals surface area contributed by atoms with Crippen LogP contribution in [0, 0.1) is 10.8 Å². The van der Waals surface area contributed by atoms with E-state index in [-0.39, 0.29) is 35.1 Å². The van der Waals surface area contributed by atoms with E-state index in [1.165, 1.54) is 0 Å². The van der Waals surface area contributed by atoms with E-state index >= 15 is 0 Å². The molecule has 5 heteroatoms. The summed E-state index contributed by atoms with van der Waals surface area (Å²) in [5.74, 6) is 0. The number of carbonyl (C=O) groups is 1. The maximum Gasteiger partial charge on any atom is 0.508 e. The zero-order valence-corrected chi connectivity index (χ0v) is 18.2. The highest BCUT2D eigenvalue weighted by Gasteiger charge is 2.43. The van der Waals surface area contributed by atoms with Gasteiger partial charge in [0.05, 0.1) is 0 Å². The highest BCUT2D eigenvalue weighted by molar-refractivity contribution is 5.60. The fourth-order valence-corrected chi connectivity index (χ4v) is 4.54. The lowest BCUT2D eigenvalue weighted by Gasteiger charge is -2.40. The van der Waals surface area contributed by atoms with E-state index in [0.29, 0.717) is 0 Å². The first-order valence-corrected chi connectivity index (χ1v) is 10.2. The zero-order valence-electron chi connectivity index (χ0n) is 18.2. The first-order valence-electron chi connectivity index (χ1n) is 10.2. The Bertz CT molecular complexity index is 439. The number of hydrogen-bond acceptors (Lipinski definition) is 5. The van der Waals surface area contributed by atoms with Crippen molar-refractivity contribution < 1.29 is 14.3 Å². The van der Waals surface area contributed by atoms with Gasteiger partial charge in [-0.05, 0) is 52.9 Å². The number of hydrogen-bond donors (Lipinski definition) is 0. The van der Waals surface area contributed by atoms with Crippen LogP contribution in [0.1, 0.15) is 67.2 Å². The molecular weight excluding hydrogens is 328 g/mol. The monoisotopic (exact) mass is 368 g/mol. The van der Waals surface area contributed by atoms with Crippen molar-refractivity contribution in [3.8, 4) is 0 Å². The van der Waals surface area contributed by atoms with Gasteiger partial charge in [-0.2, -0.15) is 0 Å². The number of likely N-dealkylation sites (N-methyl/N-ethyl adjacent to an activating group) is 2. The molecule has 2 fully saturated rings. The summed E-state index contributed by atoms with van der Waals surface area (Å²) >= 11 is 0. The molecule has 152 valence electrons. The second-order valence-electron chi connectivity index (χ2n) is 10.4. The Labute approximate surface area is 160 Å². The number of likely N-dealkylation sites (tertiary alicyclic amines) is 2. The number of ether oxygens (including phenoxy) is 2. The van der Waals surface area contributed by atoms with Gasteiger partial charge in [-0.15, -0.1) is 0 Å².